The van der Waals surface area contributed by atoms with Crippen molar-refractivity contribution in [3.8, 4) is 5.75 Å². The van der Waals surface area contributed by atoms with Crippen molar-refractivity contribution < 1.29 is 24.5 Å². The lowest BCUT2D eigenvalue weighted by atomic mass is 10.0. The van der Waals surface area contributed by atoms with Gasteiger partial charge in [-0.1, -0.05) is 54.1 Å². The number of carboxylic acids is 2. The molecule has 0 atom stereocenters. The van der Waals surface area contributed by atoms with Gasteiger partial charge in [0.05, 0.1) is 6.42 Å². The quantitative estimate of drug-likeness (QED) is 0.698. The van der Waals surface area contributed by atoms with Crippen LogP contribution in [0.15, 0.2) is 66.7 Å². The maximum Gasteiger partial charge on any atom is 0.341 e. The molecule has 2 N–H and O–H groups in total. The zero-order valence-electron chi connectivity index (χ0n) is 13.8. The van der Waals surface area contributed by atoms with Crippen LogP contribution in [0, 0.1) is 0 Å². The molecule has 5 nitrogen and oxygen atoms in total. The predicted octanol–water partition coefficient (Wildman–Crippen LogP) is 4.27. The van der Waals surface area contributed by atoms with Crippen LogP contribution in [-0.4, -0.2) is 28.8 Å². The van der Waals surface area contributed by atoms with Gasteiger partial charge >= 0.3 is 11.9 Å². The van der Waals surface area contributed by atoms with Gasteiger partial charge in [0.25, 0.3) is 0 Å². The Hall–Kier alpha value is -3.05. The van der Waals surface area contributed by atoms with E-state index in [1.54, 1.807) is 24.3 Å². The highest BCUT2D eigenvalue weighted by Crippen LogP contribution is 2.18. The number of aliphatic carboxylic acids is 2. The third-order valence-electron chi connectivity index (χ3n) is 3.40. The molecule has 0 heterocycles. The topological polar surface area (TPSA) is 83.8 Å². The molecule has 0 fully saturated rings. The largest absolute Gasteiger partial charge is 0.482 e. The first-order valence-corrected chi connectivity index (χ1v) is 8.12. The first-order valence-electron chi connectivity index (χ1n) is 7.74. The van der Waals surface area contributed by atoms with Crippen molar-refractivity contribution in [1.29, 1.82) is 0 Å². The minimum absolute atomic E-state index is 0.0847. The van der Waals surface area contributed by atoms with Crippen LogP contribution in [0.25, 0.3) is 10.8 Å². The number of benzene rings is 3. The molecule has 3 aromatic rings. The van der Waals surface area contributed by atoms with Gasteiger partial charge in [0, 0.05) is 5.02 Å². The molecule has 0 unspecified atom stereocenters. The second-order valence-electron chi connectivity index (χ2n) is 5.35. The van der Waals surface area contributed by atoms with Crippen molar-refractivity contribution in [2.45, 2.75) is 6.42 Å². The molecular formula is C20H17ClO5. The van der Waals surface area contributed by atoms with Crippen molar-refractivity contribution in [3.63, 3.8) is 0 Å². The van der Waals surface area contributed by atoms with E-state index < -0.39 is 11.9 Å². The maximum absolute atomic E-state index is 10.6. The normalized spacial score (nSPS) is 9.88. The number of hydrogen-bond acceptors (Lipinski definition) is 3. The Bertz CT molecular complexity index is 885. The molecule has 0 saturated carbocycles. The number of carboxylic acid groups (broad SMARTS) is 2. The lowest BCUT2D eigenvalue weighted by Gasteiger charge is -2.02. The van der Waals surface area contributed by atoms with Crippen LogP contribution in [0.2, 0.25) is 5.02 Å². The van der Waals surface area contributed by atoms with E-state index in [4.69, 9.17) is 26.6 Å². The first kappa shape index (κ1) is 19.3. The van der Waals surface area contributed by atoms with Gasteiger partial charge in [0.15, 0.2) is 6.61 Å². The summed E-state index contributed by atoms with van der Waals surface area (Å²) in [4.78, 5) is 20.7. The van der Waals surface area contributed by atoms with E-state index in [9.17, 15) is 9.59 Å². The SMILES string of the molecule is O=C(O)COc1ccc(Cl)cc1.O=C(O)Cc1cccc2ccccc12. The van der Waals surface area contributed by atoms with Crippen LogP contribution >= 0.6 is 11.6 Å². The van der Waals surface area contributed by atoms with Gasteiger partial charge < -0.3 is 14.9 Å². The zero-order valence-corrected chi connectivity index (χ0v) is 14.5. The molecule has 0 aliphatic carbocycles. The molecule has 0 aromatic heterocycles. The van der Waals surface area contributed by atoms with Gasteiger partial charge in [0.2, 0.25) is 0 Å². The average molecular weight is 373 g/mol. The van der Waals surface area contributed by atoms with Crippen molar-refractivity contribution >= 4 is 34.3 Å². The fraction of sp³-hybridized carbons (Fsp3) is 0.100. The summed E-state index contributed by atoms with van der Waals surface area (Å²) in [5.41, 5.74) is 0.871. The van der Waals surface area contributed by atoms with E-state index in [0.717, 1.165) is 16.3 Å². The summed E-state index contributed by atoms with van der Waals surface area (Å²) in [5, 5.41) is 19.7. The number of ether oxygens (including phenoxy) is 1. The smallest absolute Gasteiger partial charge is 0.341 e. The highest BCUT2D eigenvalue weighted by molar-refractivity contribution is 6.30. The highest BCUT2D eigenvalue weighted by atomic mass is 35.5. The van der Waals surface area contributed by atoms with Crippen LogP contribution in [0.4, 0.5) is 0 Å². The van der Waals surface area contributed by atoms with Crippen molar-refractivity contribution in [2.24, 2.45) is 0 Å². The van der Waals surface area contributed by atoms with Gasteiger partial charge in [-0.25, -0.2) is 4.79 Å². The first-order chi connectivity index (χ1) is 12.5. The van der Waals surface area contributed by atoms with Gasteiger partial charge in [-0.3, -0.25) is 4.79 Å². The molecule has 0 bridgehead atoms. The second-order valence-corrected chi connectivity index (χ2v) is 5.78. The predicted molar refractivity (Wildman–Crippen MR) is 99.9 cm³/mol. The molecule has 3 aromatic carbocycles. The minimum atomic E-state index is -0.995. The average Bonchev–Trinajstić information content (AvgIpc) is 2.62. The summed E-state index contributed by atoms with van der Waals surface area (Å²) in [5.74, 6) is -1.28. The van der Waals surface area contributed by atoms with Crippen molar-refractivity contribution in [3.05, 3.63) is 77.3 Å². The molecular weight excluding hydrogens is 356 g/mol. The van der Waals surface area contributed by atoms with E-state index >= 15 is 0 Å². The lowest BCUT2D eigenvalue weighted by Crippen LogP contribution is -2.09. The van der Waals surface area contributed by atoms with Gasteiger partial charge in [-0.2, -0.15) is 0 Å². The molecule has 6 heteroatoms. The van der Waals surface area contributed by atoms with Gasteiger partial charge in [-0.05, 0) is 40.6 Å². The summed E-state index contributed by atoms with van der Waals surface area (Å²) in [6.45, 7) is -0.332. The number of halogens is 1. The Morgan fingerprint density at radius 1 is 0.846 bits per heavy atom. The molecule has 26 heavy (non-hydrogen) atoms. The van der Waals surface area contributed by atoms with Crippen LogP contribution in [-0.2, 0) is 16.0 Å². The molecule has 0 aliphatic rings. The Balaban J connectivity index is 0.000000190. The second kappa shape index (κ2) is 9.44. The number of hydrogen-bond donors (Lipinski definition) is 2. The summed E-state index contributed by atoms with van der Waals surface area (Å²) in [6.07, 6.45) is 0.0847. The van der Waals surface area contributed by atoms with E-state index in [0.29, 0.717) is 10.8 Å². The molecule has 0 spiro atoms. The van der Waals surface area contributed by atoms with Crippen LogP contribution in [0.5, 0.6) is 5.75 Å². The Morgan fingerprint density at radius 2 is 1.50 bits per heavy atom. The lowest BCUT2D eigenvalue weighted by molar-refractivity contribution is -0.139. The van der Waals surface area contributed by atoms with Crippen LogP contribution in [0.1, 0.15) is 5.56 Å². The summed E-state index contributed by atoms with van der Waals surface area (Å²) >= 11 is 5.60. The Morgan fingerprint density at radius 3 is 2.15 bits per heavy atom. The summed E-state index contributed by atoms with van der Waals surface area (Å²) in [6, 6.07) is 20.1. The standard InChI is InChI=1S/C12H10O2.C8H7ClO3/c13-12(14)8-10-6-3-5-9-4-1-2-7-11(9)10;9-6-1-3-7(4-2-6)12-5-8(10)11/h1-7H,8H2,(H,13,14);1-4H,5H2,(H,10,11). The monoisotopic (exact) mass is 372 g/mol. The number of carbonyl (C=O) groups is 2. The van der Waals surface area contributed by atoms with Gasteiger partial charge in [-0.15, -0.1) is 0 Å². The van der Waals surface area contributed by atoms with E-state index in [2.05, 4.69) is 0 Å². The summed E-state index contributed by atoms with van der Waals surface area (Å²) in [7, 11) is 0. The zero-order chi connectivity index (χ0) is 18.9. The van der Waals surface area contributed by atoms with E-state index in [1.807, 2.05) is 42.5 Å². The molecule has 0 amide bonds. The molecule has 3 rings (SSSR count). The molecule has 0 saturated heterocycles. The third-order valence-corrected chi connectivity index (χ3v) is 3.65. The number of rotatable bonds is 5. The summed E-state index contributed by atoms with van der Waals surface area (Å²) < 4.78 is 4.86. The fourth-order valence-corrected chi connectivity index (χ4v) is 2.41. The molecule has 0 radical (unpaired) electrons. The number of fused-ring (bicyclic) bond motifs is 1. The Labute approximate surface area is 155 Å². The van der Waals surface area contributed by atoms with E-state index in [-0.39, 0.29) is 13.0 Å². The molecule has 134 valence electrons. The van der Waals surface area contributed by atoms with Crippen molar-refractivity contribution in [2.75, 3.05) is 6.61 Å². The Kier molecular flexibility index (Phi) is 7.00. The molecule has 0 aliphatic heterocycles. The third kappa shape index (κ3) is 6.11. The fourth-order valence-electron chi connectivity index (χ4n) is 2.29. The van der Waals surface area contributed by atoms with Crippen LogP contribution in [0.3, 0.4) is 0 Å². The maximum atomic E-state index is 10.6. The van der Waals surface area contributed by atoms with Crippen LogP contribution < -0.4 is 4.74 Å². The minimum Gasteiger partial charge on any atom is -0.482 e. The van der Waals surface area contributed by atoms with Gasteiger partial charge in [0.1, 0.15) is 5.75 Å². The van der Waals surface area contributed by atoms with Crippen molar-refractivity contribution in [1.82, 2.24) is 0 Å². The van der Waals surface area contributed by atoms with E-state index in [1.165, 1.54) is 0 Å². The highest BCUT2D eigenvalue weighted by Gasteiger charge is 2.03.